The van der Waals surface area contributed by atoms with Crippen LogP contribution in [0.1, 0.15) is 27.2 Å². The Bertz CT molecular complexity index is 109. The SMILES string of the molecule is CC.CCC1CN(C#N)C1. The van der Waals surface area contributed by atoms with E-state index in [1.54, 1.807) is 4.90 Å². The van der Waals surface area contributed by atoms with Gasteiger partial charge in [-0.3, -0.25) is 0 Å². The molecule has 10 heavy (non-hydrogen) atoms. The third-order valence-corrected chi connectivity index (χ3v) is 1.68. The van der Waals surface area contributed by atoms with Gasteiger partial charge in [-0.05, 0) is 12.3 Å². The summed E-state index contributed by atoms with van der Waals surface area (Å²) in [5, 5.41) is 8.28. The van der Waals surface area contributed by atoms with Gasteiger partial charge in [0.2, 0.25) is 0 Å². The maximum Gasteiger partial charge on any atom is 0.179 e. The van der Waals surface area contributed by atoms with Crippen molar-refractivity contribution in [2.45, 2.75) is 27.2 Å². The van der Waals surface area contributed by atoms with Crippen LogP contribution in [0.5, 0.6) is 0 Å². The molecule has 0 aromatic heterocycles. The van der Waals surface area contributed by atoms with Crippen molar-refractivity contribution in [2.75, 3.05) is 13.1 Å². The third-order valence-electron chi connectivity index (χ3n) is 1.68. The zero-order valence-electron chi connectivity index (χ0n) is 7.09. The Balaban J connectivity index is 0.000000371. The van der Waals surface area contributed by atoms with Gasteiger partial charge in [0.25, 0.3) is 0 Å². The van der Waals surface area contributed by atoms with Crippen molar-refractivity contribution in [3.05, 3.63) is 0 Å². The zero-order valence-corrected chi connectivity index (χ0v) is 7.09. The molecule has 0 aromatic carbocycles. The predicted octanol–water partition coefficient (Wildman–Crippen LogP) is 1.84. The van der Waals surface area contributed by atoms with E-state index in [1.165, 1.54) is 6.42 Å². The van der Waals surface area contributed by atoms with E-state index < -0.39 is 0 Å². The van der Waals surface area contributed by atoms with Crippen LogP contribution in [-0.4, -0.2) is 18.0 Å². The van der Waals surface area contributed by atoms with Gasteiger partial charge in [-0.2, -0.15) is 5.26 Å². The lowest BCUT2D eigenvalue weighted by molar-refractivity contribution is 0.167. The monoisotopic (exact) mass is 140 g/mol. The van der Waals surface area contributed by atoms with Crippen LogP contribution in [0.3, 0.4) is 0 Å². The van der Waals surface area contributed by atoms with Crippen LogP contribution >= 0.6 is 0 Å². The highest BCUT2D eigenvalue weighted by Crippen LogP contribution is 2.16. The van der Waals surface area contributed by atoms with Gasteiger partial charge in [-0.1, -0.05) is 20.8 Å². The minimum absolute atomic E-state index is 0.801. The molecule has 2 nitrogen and oxygen atoms in total. The van der Waals surface area contributed by atoms with Gasteiger partial charge in [-0.15, -0.1) is 0 Å². The van der Waals surface area contributed by atoms with E-state index in [1.807, 2.05) is 13.8 Å². The Kier molecular flexibility index (Phi) is 4.74. The van der Waals surface area contributed by atoms with E-state index in [2.05, 4.69) is 13.1 Å². The van der Waals surface area contributed by atoms with Gasteiger partial charge < -0.3 is 4.90 Å². The van der Waals surface area contributed by atoms with Crippen molar-refractivity contribution in [3.8, 4) is 6.19 Å². The van der Waals surface area contributed by atoms with Crippen molar-refractivity contribution >= 4 is 0 Å². The highest BCUT2D eigenvalue weighted by molar-refractivity contribution is 4.87. The van der Waals surface area contributed by atoms with Gasteiger partial charge in [-0.25, -0.2) is 0 Å². The van der Waals surface area contributed by atoms with E-state index in [4.69, 9.17) is 5.26 Å². The smallest absolute Gasteiger partial charge is 0.179 e. The molecule has 1 heterocycles. The Morgan fingerprint density at radius 2 is 2.00 bits per heavy atom. The fourth-order valence-electron chi connectivity index (χ4n) is 0.910. The standard InChI is InChI=1S/C6H10N2.C2H6/c1-2-6-3-8(4-6)5-7;1-2/h6H,2-4H2,1H3;1-2H3. The number of hydrogen-bond acceptors (Lipinski definition) is 2. The van der Waals surface area contributed by atoms with Crippen molar-refractivity contribution in [2.24, 2.45) is 5.92 Å². The molecule has 0 spiro atoms. The first-order valence-corrected chi connectivity index (χ1v) is 4.01. The molecule has 58 valence electrons. The summed E-state index contributed by atoms with van der Waals surface area (Å²) in [6, 6.07) is 0. The summed E-state index contributed by atoms with van der Waals surface area (Å²) >= 11 is 0. The summed E-state index contributed by atoms with van der Waals surface area (Å²) in [5.74, 6) is 0.801. The average Bonchev–Trinajstić information content (AvgIpc) is 1.91. The summed E-state index contributed by atoms with van der Waals surface area (Å²) < 4.78 is 0. The molecule has 1 fully saturated rings. The van der Waals surface area contributed by atoms with Crippen LogP contribution in [-0.2, 0) is 0 Å². The Morgan fingerprint density at radius 3 is 2.30 bits per heavy atom. The second kappa shape index (κ2) is 5.10. The Labute approximate surface area is 63.4 Å². The molecule has 0 amide bonds. The van der Waals surface area contributed by atoms with Crippen LogP contribution in [0, 0.1) is 17.4 Å². The summed E-state index contributed by atoms with van der Waals surface area (Å²) in [6.45, 7) is 8.15. The number of nitrogens with zero attached hydrogens (tertiary/aromatic N) is 2. The van der Waals surface area contributed by atoms with Gasteiger partial charge in [0.1, 0.15) is 0 Å². The number of hydrogen-bond donors (Lipinski definition) is 0. The normalized spacial score (nSPS) is 16.4. The lowest BCUT2D eigenvalue weighted by Gasteiger charge is -2.33. The van der Waals surface area contributed by atoms with Gasteiger partial charge in [0.05, 0.1) is 0 Å². The Morgan fingerprint density at radius 1 is 1.50 bits per heavy atom. The highest BCUT2D eigenvalue weighted by Gasteiger charge is 2.22. The van der Waals surface area contributed by atoms with Crippen molar-refractivity contribution in [1.82, 2.24) is 4.90 Å². The van der Waals surface area contributed by atoms with Crippen LogP contribution in [0.25, 0.3) is 0 Å². The van der Waals surface area contributed by atoms with Crippen molar-refractivity contribution in [1.29, 1.82) is 5.26 Å². The fraction of sp³-hybridized carbons (Fsp3) is 0.875. The average molecular weight is 140 g/mol. The molecular formula is C8H16N2. The first-order chi connectivity index (χ1) is 4.86. The summed E-state index contributed by atoms with van der Waals surface area (Å²) in [5.41, 5.74) is 0. The summed E-state index contributed by atoms with van der Waals surface area (Å²) in [7, 11) is 0. The molecule has 0 bridgehead atoms. The molecule has 1 aliphatic rings. The highest BCUT2D eigenvalue weighted by atomic mass is 15.2. The summed E-state index contributed by atoms with van der Waals surface area (Å²) in [6.07, 6.45) is 3.32. The van der Waals surface area contributed by atoms with Crippen LogP contribution in [0.4, 0.5) is 0 Å². The minimum atomic E-state index is 0.801. The number of likely N-dealkylation sites (tertiary alicyclic amines) is 1. The zero-order chi connectivity index (χ0) is 7.98. The van der Waals surface area contributed by atoms with Crippen LogP contribution < -0.4 is 0 Å². The first-order valence-electron chi connectivity index (χ1n) is 4.01. The molecule has 0 aromatic rings. The lowest BCUT2D eigenvalue weighted by Crippen LogP contribution is -2.42. The molecule has 0 saturated carbocycles. The number of nitriles is 1. The molecule has 0 radical (unpaired) electrons. The quantitative estimate of drug-likeness (QED) is 0.519. The van der Waals surface area contributed by atoms with E-state index in [0.29, 0.717) is 0 Å². The molecule has 0 unspecified atom stereocenters. The fourth-order valence-corrected chi connectivity index (χ4v) is 0.910. The van der Waals surface area contributed by atoms with E-state index in [-0.39, 0.29) is 0 Å². The Hall–Kier alpha value is -0.710. The van der Waals surface area contributed by atoms with Gasteiger partial charge in [0.15, 0.2) is 6.19 Å². The molecule has 0 N–H and O–H groups in total. The topological polar surface area (TPSA) is 27.0 Å². The molecule has 1 aliphatic heterocycles. The van der Waals surface area contributed by atoms with E-state index in [9.17, 15) is 0 Å². The second-order valence-electron chi connectivity index (χ2n) is 2.28. The molecule has 1 rings (SSSR count). The molecule has 1 saturated heterocycles. The van der Waals surface area contributed by atoms with E-state index >= 15 is 0 Å². The van der Waals surface area contributed by atoms with Crippen molar-refractivity contribution < 1.29 is 0 Å². The second-order valence-corrected chi connectivity index (χ2v) is 2.28. The predicted molar refractivity (Wildman–Crippen MR) is 42.3 cm³/mol. The minimum Gasteiger partial charge on any atom is -0.310 e. The van der Waals surface area contributed by atoms with Gasteiger partial charge in [0, 0.05) is 13.1 Å². The van der Waals surface area contributed by atoms with Crippen LogP contribution in [0.15, 0.2) is 0 Å². The van der Waals surface area contributed by atoms with Gasteiger partial charge >= 0.3 is 0 Å². The van der Waals surface area contributed by atoms with E-state index in [0.717, 1.165) is 19.0 Å². The maximum atomic E-state index is 8.28. The van der Waals surface area contributed by atoms with Crippen LogP contribution in [0.2, 0.25) is 0 Å². The van der Waals surface area contributed by atoms with Crippen molar-refractivity contribution in [3.63, 3.8) is 0 Å². The first kappa shape index (κ1) is 9.29. The molecule has 0 aliphatic carbocycles. The third kappa shape index (κ3) is 2.26. The lowest BCUT2D eigenvalue weighted by atomic mass is 9.99. The largest absolute Gasteiger partial charge is 0.310 e. The number of rotatable bonds is 1. The molecule has 0 atom stereocenters. The molecule has 2 heteroatoms. The maximum absolute atomic E-state index is 8.28. The molecular weight excluding hydrogens is 124 g/mol. The summed E-state index contributed by atoms with van der Waals surface area (Å²) in [4.78, 5) is 1.79.